The first-order valence-corrected chi connectivity index (χ1v) is 19.8. The maximum Gasteiger partial charge on any atom is 1.00 e. The summed E-state index contributed by atoms with van der Waals surface area (Å²) in [6.07, 6.45) is -9.52. The number of nitrogens with one attached hydrogen (secondary N) is 1. The summed E-state index contributed by atoms with van der Waals surface area (Å²) in [5, 5.41) is 48.6. The Morgan fingerprint density at radius 2 is 1.15 bits per heavy atom. The van der Waals surface area contributed by atoms with E-state index in [1.54, 1.807) is 38.1 Å². The smallest absolute Gasteiger partial charge is 1.00 e. The van der Waals surface area contributed by atoms with E-state index in [0.29, 0.717) is 33.7 Å². The van der Waals surface area contributed by atoms with E-state index in [1.165, 1.54) is 47.1 Å². The second kappa shape index (κ2) is 28.6. The number of non-ortho nitro benzene ring substituents is 2. The van der Waals surface area contributed by atoms with E-state index in [1.807, 2.05) is 6.07 Å². The summed E-state index contributed by atoms with van der Waals surface area (Å²) >= 11 is 3.22. The number of rotatable bonds is 12. The van der Waals surface area contributed by atoms with Crippen LogP contribution >= 0.6 is 15.9 Å². The van der Waals surface area contributed by atoms with Gasteiger partial charge >= 0.3 is 151 Å². The Labute approximate surface area is 521 Å². The van der Waals surface area contributed by atoms with Gasteiger partial charge in [0, 0.05) is 40.7 Å². The molecular formula is C39H29BrCs2F6N12O11. The summed E-state index contributed by atoms with van der Waals surface area (Å²) < 4.78 is 92.4. The number of carbonyl (C=O) groups is 1. The van der Waals surface area contributed by atoms with Gasteiger partial charge in [-0.1, -0.05) is 50.5 Å². The molecule has 0 aliphatic carbocycles. The van der Waals surface area contributed by atoms with Crippen LogP contribution in [-0.2, 0) is 21.6 Å². The Balaban J connectivity index is 0.000000384. The predicted molar refractivity (Wildman–Crippen MR) is 223 cm³/mol. The molecule has 23 nitrogen and oxygen atoms in total. The van der Waals surface area contributed by atoms with Crippen molar-refractivity contribution in [3.8, 4) is 57.7 Å². The van der Waals surface area contributed by atoms with Crippen molar-refractivity contribution in [2.45, 2.75) is 38.4 Å². The molecule has 362 valence electrons. The molecule has 0 spiro atoms. The number of nitro benzene ring substituents is 2. The summed E-state index contributed by atoms with van der Waals surface area (Å²) in [5.41, 5.74) is 2.56. The van der Waals surface area contributed by atoms with E-state index in [9.17, 15) is 46.6 Å². The molecule has 0 saturated carbocycles. The van der Waals surface area contributed by atoms with Crippen molar-refractivity contribution in [1.29, 1.82) is 0 Å². The Kier molecular flexibility index (Phi) is 24.5. The summed E-state index contributed by atoms with van der Waals surface area (Å²) in [5.74, 6) is 1.24. The fraction of sp³-hybridized carbons (Fsp3) is 0.154. The molecule has 0 radical (unpaired) electrons. The van der Waals surface area contributed by atoms with Gasteiger partial charge in [-0.2, -0.15) is 9.97 Å². The van der Waals surface area contributed by atoms with Crippen molar-refractivity contribution in [2.24, 2.45) is 0 Å². The molecule has 0 bridgehead atoms. The molecule has 0 atom stereocenters. The number of halogens is 7. The summed E-state index contributed by atoms with van der Waals surface area (Å²) in [7, 11) is 0. The van der Waals surface area contributed by atoms with Crippen LogP contribution in [0.2, 0.25) is 0 Å². The average molecular weight is 1300 g/mol. The standard InChI is InChI=1S/C19H13F3N6O4.C12H8F3N5O2.C7H6BrNO2.CH2O3.2Cs.H/c1-11-23-17(25-27(11)10-12-3-2-4-14(9-12)28(29)30)18-24-16(26-32-18)13-5-7-15(8-6-13)31-19(20,21)22;1-6-16-10(19-18-6)11-17-9(20-22-11)7-2-4-8(5-3-7)21-12(13,14)15;8-5-6-2-1-3-7(4-6)9(10)11;2-1-4-3;;;/h2-9H,10H2,1H3;2-5H,1H3,(H,16,18,19);1-4H,5H2;1,3H;;;/q;;;;2*+1;-1/p-1. The largest absolute Gasteiger partial charge is 1.00 e. The van der Waals surface area contributed by atoms with Crippen LogP contribution in [0.25, 0.3) is 46.2 Å². The predicted octanol–water partition coefficient (Wildman–Crippen LogP) is 1.93. The first-order chi connectivity index (χ1) is 32.7. The second-order valence-corrected chi connectivity index (χ2v) is 13.6. The molecular weight excluding hydrogens is 1270 g/mol. The molecule has 0 amide bonds. The number of aryl methyl sites for hydroxylation is 2. The van der Waals surface area contributed by atoms with E-state index in [0.717, 1.165) is 29.8 Å². The summed E-state index contributed by atoms with van der Waals surface area (Å²) in [6, 6.07) is 22.8. The van der Waals surface area contributed by atoms with Crippen LogP contribution in [0.3, 0.4) is 0 Å². The third-order valence-electron chi connectivity index (χ3n) is 8.15. The number of nitro groups is 2. The van der Waals surface area contributed by atoms with Crippen LogP contribution in [0, 0.1) is 34.1 Å². The minimum Gasteiger partial charge on any atom is -1.00 e. The second-order valence-electron chi connectivity index (χ2n) is 13.1. The number of ether oxygens (including phenoxy) is 2. The maximum atomic E-state index is 12.3. The van der Waals surface area contributed by atoms with E-state index in [4.69, 9.17) is 19.1 Å². The number of aromatic amines is 1. The monoisotopic (exact) mass is 1300 g/mol. The normalized spacial score (nSPS) is 10.6. The Hall–Kier alpha value is -4.57. The molecule has 71 heavy (non-hydrogen) atoms. The van der Waals surface area contributed by atoms with Crippen molar-refractivity contribution in [3.63, 3.8) is 0 Å². The van der Waals surface area contributed by atoms with Crippen molar-refractivity contribution in [3.05, 3.63) is 140 Å². The first-order valence-electron chi connectivity index (χ1n) is 18.7. The summed E-state index contributed by atoms with van der Waals surface area (Å²) in [4.78, 5) is 48.2. The number of nitrogens with zero attached hydrogens (tertiary/aromatic N) is 11. The minimum atomic E-state index is -4.78. The molecule has 1 N–H and O–H groups in total. The topological polar surface area (TPSA) is 304 Å². The van der Waals surface area contributed by atoms with Gasteiger partial charge in [-0.15, -0.1) is 36.5 Å². The minimum absolute atomic E-state index is 0. The zero-order valence-electron chi connectivity index (χ0n) is 37.8. The number of alkyl halides is 7. The van der Waals surface area contributed by atoms with Gasteiger partial charge in [-0.25, -0.2) is 14.6 Å². The number of hydrogen-bond donors (Lipinski definition) is 1. The molecule has 8 aromatic rings. The average Bonchev–Trinajstić information content (AvgIpc) is 4.15. The van der Waals surface area contributed by atoms with Crippen molar-refractivity contribution in [2.75, 3.05) is 0 Å². The van der Waals surface area contributed by atoms with Crippen LogP contribution < -0.4 is 153 Å². The molecule has 32 heteroatoms. The number of H-pyrrole nitrogens is 1. The number of hydrogen-bond acceptors (Lipinski definition) is 19. The molecule has 4 aromatic carbocycles. The van der Waals surface area contributed by atoms with Gasteiger partial charge in [0.05, 0.1) is 16.4 Å². The maximum absolute atomic E-state index is 12.3. The van der Waals surface area contributed by atoms with Gasteiger partial charge in [0.1, 0.15) is 23.1 Å². The number of benzene rings is 4. The van der Waals surface area contributed by atoms with Crippen LogP contribution in [-0.4, -0.2) is 79.3 Å². The molecule has 4 heterocycles. The quantitative estimate of drug-likeness (QED) is 0.0456. The zero-order valence-corrected chi connectivity index (χ0v) is 50.9. The fourth-order valence-electron chi connectivity index (χ4n) is 5.27. The molecule has 0 aliphatic rings. The Morgan fingerprint density at radius 1 is 0.704 bits per heavy atom. The van der Waals surface area contributed by atoms with Gasteiger partial charge in [-0.3, -0.25) is 30.1 Å². The van der Waals surface area contributed by atoms with Crippen molar-refractivity contribution in [1.82, 2.24) is 50.2 Å². The van der Waals surface area contributed by atoms with Gasteiger partial charge in [-0.05, 0) is 73.5 Å². The van der Waals surface area contributed by atoms with E-state index in [2.05, 4.69) is 75.8 Å². The molecule has 0 saturated heterocycles. The van der Waals surface area contributed by atoms with Gasteiger partial charge in [0.2, 0.25) is 23.3 Å². The third-order valence-corrected chi connectivity index (χ3v) is 8.80. The first kappa shape index (κ1) is 60.7. The number of aromatic nitrogens is 10. The van der Waals surface area contributed by atoms with E-state index in [-0.39, 0.29) is 210 Å². The van der Waals surface area contributed by atoms with Crippen LogP contribution in [0.1, 0.15) is 24.2 Å². The van der Waals surface area contributed by atoms with Gasteiger partial charge < -0.3 is 30.1 Å². The van der Waals surface area contributed by atoms with E-state index >= 15 is 0 Å². The molecule has 8 rings (SSSR count). The van der Waals surface area contributed by atoms with Crippen LogP contribution in [0.5, 0.6) is 11.5 Å². The number of carbonyl (C=O) groups excluding carboxylic acids is 1. The molecule has 4 aromatic heterocycles. The molecule has 0 fully saturated rings. The molecule has 0 aliphatic heterocycles. The van der Waals surface area contributed by atoms with Gasteiger partial charge in [0.15, 0.2) is 0 Å². The van der Waals surface area contributed by atoms with E-state index < -0.39 is 22.6 Å². The third kappa shape index (κ3) is 19.8. The Bertz CT molecular complexity index is 2980. The fourth-order valence-corrected chi connectivity index (χ4v) is 5.62. The molecule has 0 unspecified atom stereocenters. The van der Waals surface area contributed by atoms with Crippen LogP contribution in [0.15, 0.2) is 106 Å². The zero-order chi connectivity index (χ0) is 50.3. The van der Waals surface area contributed by atoms with Crippen molar-refractivity contribution < 1.29 is 209 Å². The SMILES string of the molecule is Cc1nc(-c2nc(-c3ccc(OC(F)(F)F)cc3)no2)n[nH]1.Cc1nc(-c2nc(-c3ccc(OC(F)(F)F)cc3)no2)nn1Cc1cccc([N+](=O)[O-])c1.O=CO[O-].O=[N+]([O-])c1cccc(CBr)c1.[Cs+].[Cs+].[H-]. The van der Waals surface area contributed by atoms with Crippen LogP contribution in [0.4, 0.5) is 37.7 Å². The summed E-state index contributed by atoms with van der Waals surface area (Å²) in [6.45, 7) is 3.47. The van der Waals surface area contributed by atoms with Crippen molar-refractivity contribution >= 4 is 33.8 Å². The van der Waals surface area contributed by atoms with Gasteiger partial charge in [0.25, 0.3) is 29.6 Å². The Morgan fingerprint density at radius 3 is 1.56 bits per heavy atom.